The quantitative estimate of drug-likeness (QED) is 0.772. The third-order valence-corrected chi connectivity index (χ3v) is 3.10. The third kappa shape index (κ3) is 3.84. The first-order chi connectivity index (χ1) is 8.57. The lowest BCUT2D eigenvalue weighted by molar-refractivity contribution is -0.134. The number of likely N-dealkylation sites (N-methyl/N-ethyl adjacent to an activating group) is 2. The normalized spacial score (nSPS) is 12.5. The summed E-state index contributed by atoms with van der Waals surface area (Å²) in [5.41, 5.74) is 1.06. The van der Waals surface area contributed by atoms with E-state index in [1.54, 1.807) is 4.90 Å². The predicted molar refractivity (Wildman–Crippen MR) is 75.4 cm³/mol. The Morgan fingerprint density at radius 3 is 2.28 bits per heavy atom. The SMILES string of the molecule is CCCCN(C)C(C(=O)N(C)C)c1ccccc1. The minimum Gasteiger partial charge on any atom is -0.347 e. The van der Waals surface area contributed by atoms with E-state index in [1.807, 2.05) is 51.5 Å². The van der Waals surface area contributed by atoms with Crippen molar-refractivity contribution in [3.8, 4) is 0 Å². The van der Waals surface area contributed by atoms with Crippen LogP contribution >= 0.6 is 0 Å². The van der Waals surface area contributed by atoms with E-state index in [1.165, 1.54) is 0 Å². The van der Waals surface area contributed by atoms with Crippen molar-refractivity contribution in [2.24, 2.45) is 0 Å². The zero-order chi connectivity index (χ0) is 13.5. The highest BCUT2D eigenvalue weighted by Crippen LogP contribution is 2.21. The standard InChI is InChI=1S/C15H24N2O/c1-5-6-12-17(4)14(15(18)16(2)3)13-10-8-7-9-11-13/h7-11,14H,5-6,12H2,1-4H3. The molecule has 0 radical (unpaired) electrons. The Labute approximate surface area is 110 Å². The number of rotatable bonds is 6. The highest BCUT2D eigenvalue weighted by molar-refractivity contribution is 5.82. The van der Waals surface area contributed by atoms with Crippen molar-refractivity contribution in [1.82, 2.24) is 9.80 Å². The maximum atomic E-state index is 12.3. The molecule has 100 valence electrons. The van der Waals surface area contributed by atoms with Gasteiger partial charge in [-0.25, -0.2) is 0 Å². The second-order valence-corrected chi connectivity index (χ2v) is 4.88. The molecule has 0 saturated heterocycles. The van der Waals surface area contributed by atoms with Gasteiger partial charge in [0.25, 0.3) is 0 Å². The molecule has 0 aliphatic rings. The number of benzene rings is 1. The molecule has 3 nitrogen and oxygen atoms in total. The van der Waals surface area contributed by atoms with Crippen LogP contribution in [0.25, 0.3) is 0 Å². The van der Waals surface area contributed by atoms with E-state index in [2.05, 4.69) is 11.8 Å². The van der Waals surface area contributed by atoms with Crippen LogP contribution in [0.4, 0.5) is 0 Å². The van der Waals surface area contributed by atoms with E-state index >= 15 is 0 Å². The van der Waals surface area contributed by atoms with Gasteiger partial charge in [0.15, 0.2) is 0 Å². The van der Waals surface area contributed by atoms with E-state index in [0.717, 1.165) is 24.9 Å². The molecule has 0 aliphatic heterocycles. The number of carbonyl (C=O) groups excluding carboxylic acids is 1. The number of carbonyl (C=O) groups is 1. The lowest BCUT2D eigenvalue weighted by atomic mass is 10.0. The Kier molecular flexibility index (Phi) is 5.86. The summed E-state index contributed by atoms with van der Waals surface area (Å²) in [5.74, 6) is 0.139. The van der Waals surface area contributed by atoms with Crippen LogP contribution in [0.15, 0.2) is 30.3 Å². The molecule has 0 saturated carbocycles. The molecule has 0 heterocycles. The maximum Gasteiger partial charge on any atom is 0.244 e. The molecule has 1 aromatic carbocycles. The molecular weight excluding hydrogens is 224 g/mol. The van der Waals surface area contributed by atoms with Crippen LogP contribution in [-0.2, 0) is 4.79 Å². The van der Waals surface area contributed by atoms with Gasteiger partial charge in [-0.2, -0.15) is 0 Å². The maximum absolute atomic E-state index is 12.3. The van der Waals surface area contributed by atoms with Crippen LogP contribution in [0.2, 0.25) is 0 Å². The summed E-state index contributed by atoms with van der Waals surface area (Å²) >= 11 is 0. The van der Waals surface area contributed by atoms with E-state index in [-0.39, 0.29) is 11.9 Å². The van der Waals surface area contributed by atoms with Crippen molar-refractivity contribution in [3.63, 3.8) is 0 Å². The molecule has 3 heteroatoms. The zero-order valence-corrected chi connectivity index (χ0v) is 11.9. The first kappa shape index (κ1) is 14.7. The van der Waals surface area contributed by atoms with Crippen molar-refractivity contribution >= 4 is 5.91 Å². The van der Waals surface area contributed by atoms with Gasteiger partial charge in [-0.3, -0.25) is 9.69 Å². The molecule has 0 N–H and O–H groups in total. The number of unbranched alkanes of at least 4 members (excludes halogenated alkanes) is 1. The minimum atomic E-state index is -0.173. The molecule has 0 aromatic heterocycles. The van der Waals surface area contributed by atoms with Gasteiger partial charge in [-0.05, 0) is 25.6 Å². The van der Waals surface area contributed by atoms with Gasteiger partial charge in [-0.15, -0.1) is 0 Å². The van der Waals surface area contributed by atoms with E-state index in [9.17, 15) is 4.79 Å². The summed E-state index contributed by atoms with van der Waals surface area (Å²) in [4.78, 5) is 16.1. The molecule has 18 heavy (non-hydrogen) atoms. The first-order valence-electron chi connectivity index (χ1n) is 6.54. The molecule has 1 atom stereocenters. The first-order valence-corrected chi connectivity index (χ1v) is 6.54. The van der Waals surface area contributed by atoms with Gasteiger partial charge in [0.05, 0.1) is 0 Å². The highest BCUT2D eigenvalue weighted by Gasteiger charge is 2.25. The Hall–Kier alpha value is -1.35. The Morgan fingerprint density at radius 2 is 1.78 bits per heavy atom. The van der Waals surface area contributed by atoms with Gasteiger partial charge < -0.3 is 4.90 Å². The van der Waals surface area contributed by atoms with Crippen molar-refractivity contribution in [3.05, 3.63) is 35.9 Å². The molecule has 0 bridgehead atoms. The molecular formula is C15H24N2O. The van der Waals surface area contributed by atoms with Gasteiger partial charge in [0.1, 0.15) is 6.04 Å². The molecule has 1 rings (SSSR count). The van der Waals surface area contributed by atoms with Crippen LogP contribution < -0.4 is 0 Å². The average Bonchev–Trinajstić information content (AvgIpc) is 2.37. The summed E-state index contributed by atoms with van der Waals surface area (Å²) in [6.45, 7) is 3.11. The summed E-state index contributed by atoms with van der Waals surface area (Å²) in [6.07, 6.45) is 2.25. The molecule has 1 amide bonds. The van der Waals surface area contributed by atoms with Crippen LogP contribution in [0.3, 0.4) is 0 Å². The van der Waals surface area contributed by atoms with Crippen molar-refractivity contribution in [1.29, 1.82) is 0 Å². The fraction of sp³-hybridized carbons (Fsp3) is 0.533. The number of amides is 1. The van der Waals surface area contributed by atoms with Crippen LogP contribution in [0.5, 0.6) is 0 Å². The molecule has 1 aromatic rings. The number of hydrogen-bond acceptors (Lipinski definition) is 2. The minimum absolute atomic E-state index is 0.139. The summed E-state index contributed by atoms with van der Waals surface area (Å²) in [7, 11) is 5.65. The molecule has 1 unspecified atom stereocenters. The number of hydrogen-bond donors (Lipinski definition) is 0. The monoisotopic (exact) mass is 248 g/mol. The fourth-order valence-electron chi connectivity index (χ4n) is 2.00. The summed E-state index contributed by atoms with van der Waals surface area (Å²) in [6, 6.07) is 9.82. The zero-order valence-electron chi connectivity index (χ0n) is 11.9. The largest absolute Gasteiger partial charge is 0.347 e. The lowest BCUT2D eigenvalue weighted by Gasteiger charge is -2.29. The fourth-order valence-corrected chi connectivity index (χ4v) is 2.00. The lowest BCUT2D eigenvalue weighted by Crippen LogP contribution is -2.38. The molecule has 0 fully saturated rings. The van der Waals surface area contributed by atoms with E-state index < -0.39 is 0 Å². The average molecular weight is 248 g/mol. The van der Waals surface area contributed by atoms with Crippen LogP contribution in [0, 0.1) is 0 Å². The van der Waals surface area contributed by atoms with Crippen LogP contribution in [0.1, 0.15) is 31.4 Å². The van der Waals surface area contributed by atoms with Gasteiger partial charge in [0.2, 0.25) is 5.91 Å². The van der Waals surface area contributed by atoms with E-state index in [4.69, 9.17) is 0 Å². The van der Waals surface area contributed by atoms with Crippen molar-refractivity contribution < 1.29 is 4.79 Å². The van der Waals surface area contributed by atoms with Crippen molar-refractivity contribution in [2.75, 3.05) is 27.7 Å². The van der Waals surface area contributed by atoms with E-state index in [0.29, 0.717) is 0 Å². The van der Waals surface area contributed by atoms with Gasteiger partial charge in [-0.1, -0.05) is 43.7 Å². The smallest absolute Gasteiger partial charge is 0.244 e. The summed E-state index contributed by atoms with van der Waals surface area (Å²) in [5, 5.41) is 0. The molecule has 0 spiro atoms. The van der Waals surface area contributed by atoms with Gasteiger partial charge >= 0.3 is 0 Å². The Morgan fingerprint density at radius 1 is 1.17 bits per heavy atom. The second-order valence-electron chi connectivity index (χ2n) is 4.88. The Balaban J connectivity index is 2.92. The van der Waals surface area contributed by atoms with Gasteiger partial charge in [0, 0.05) is 14.1 Å². The predicted octanol–water partition coefficient (Wildman–Crippen LogP) is 2.55. The topological polar surface area (TPSA) is 23.6 Å². The third-order valence-electron chi connectivity index (χ3n) is 3.10. The Bertz CT molecular complexity index is 362. The van der Waals surface area contributed by atoms with Crippen LogP contribution in [-0.4, -0.2) is 43.4 Å². The van der Waals surface area contributed by atoms with Crippen molar-refractivity contribution in [2.45, 2.75) is 25.8 Å². The molecule has 0 aliphatic carbocycles. The number of nitrogens with zero attached hydrogens (tertiary/aromatic N) is 2. The highest BCUT2D eigenvalue weighted by atomic mass is 16.2. The summed E-state index contributed by atoms with van der Waals surface area (Å²) < 4.78 is 0. The second kappa shape index (κ2) is 7.17.